The molecule has 0 saturated carbocycles. The van der Waals surface area contributed by atoms with Crippen molar-refractivity contribution in [1.82, 2.24) is 0 Å². The maximum Gasteiger partial charge on any atom is 0.325 e. The molecule has 44 heavy (non-hydrogen) atoms. The lowest BCUT2D eigenvalue weighted by Gasteiger charge is -2.27. The summed E-state index contributed by atoms with van der Waals surface area (Å²) < 4.78 is 47.2. The summed E-state index contributed by atoms with van der Waals surface area (Å²) in [4.78, 5) is 20.5. The zero-order valence-electron chi connectivity index (χ0n) is 26.1. The molecule has 0 radical (unpaired) electrons. The molecular weight excluding hydrogens is 595 g/mol. The number of allylic oxidation sites excluding steroid dienone is 8. The smallest absolute Gasteiger partial charge is 0.325 e. The molecule has 3 N–H and O–H groups in total. The highest BCUT2D eigenvalue weighted by atomic mass is 32.2. The first-order valence-electron chi connectivity index (χ1n) is 15.0. The second kappa shape index (κ2) is 13.1. The van der Waals surface area contributed by atoms with Crippen LogP contribution in [0.4, 0.5) is 11.4 Å². The zero-order valence-corrected chi connectivity index (χ0v) is 27.9. The minimum absolute atomic E-state index is 0.101. The van der Waals surface area contributed by atoms with E-state index in [-0.39, 0.29) is 22.9 Å². The van der Waals surface area contributed by atoms with Crippen molar-refractivity contribution in [3.05, 3.63) is 102 Å². The lowest BCUT2D eigenvalue weighted by molar-refractivity contribution is -0.438. The molecule has 236 valence electrons. The largest absolute Gasteiger partial charge is 0.344 e. The molecule has 0 bridgehead atoms. The third kappa shape index (κ3) is 7.24. The van der Waals surface area contributed by atoms with Crippen LogP contribution < -0.4 is 4.90 Å². The van der Waals surface area contributed by atoms with Gasteiger partial charge in [-0.2, -0.15) is 13.0 Å². The van der Waals surface area contributed by atoms with Crippen molar-refractivity contribution in [2.45, 2.75) is 69.6 Å². The molecule has 0 aliphatic carbocycles. The molecule has 2 heterocycles. The molecule has 8 nitrogen and oxygen atoms in total. The van der Waals surface area contributed by atoms with Crippen molar-refractivity contribution in [1.29, 1.82) is 0 Å². The van der Waals surface area contributed by atoms with Crippen LogP contribution in [0.5, 0.6) is 0 Å². The third-order valence-electron chi connectivity index (χ3n) is 8.48. The molecule has 0 atom stereocenters. The number of anilines is 1. The summed E-state index contributed by atoms with van der Waals surface area (Å²) in [5.41, 5.74) is 5.48. The van der Waals surface area contributed by atoms with Crippen LogP contribution in [0, 0.1) is 0 Å². The van der Waals surface area contributed by atoms with E-state index in [0.29, 0.717) is 12.1 Å². The number of fused-ring (bicyclic) bond motifs is 2. The minimum atomic E-state index is -4.39. The number of hydrogen-bond acceptors (Lipinski definition) is 4. The Balaban J connectivity index is 1.57. The van der Waals surface area contributed by atoms with Gasteiger partial charge in [0.15, 0.2) is 5.71 Å². The first-order chi connectivity index (χ1) is 20.6. The topological polar surface area (TPSA) is 118 Å². The van der Waals surface area contributed by atoms with Crippen LogP contribution in [0.15, 0.2) is 95.6 Å². The first-order valence-corrected chi connectivity index (χ1v) is 18.2. The first kappa shape index (κ1) is 33.8. The van der Waals surface area contributed by atoms with Crippen LogP contribution in [0.1, 0.15) is 65.0 Å². The molecule has 0 aromatic heterocycles. The van der Waals surface area contributed by atoms with Crippen LogP contribution in [0.3, 0.4) is 0 Å². The molecule has 0 unspecified atom stereocenters. The number of para-hydroxylation sites is 1. The third-order valence-corrected chi connectivity index (χ3v) is 10.2. The highest BCUT2D eigenvalue weighted by molar-refractivity contribution is 7.85. The Morgan fingerprint density at radius 3 is 2.27 bits per heavy atom. The van der Waals surface area contributed by atoms with E-state index >= 15 is 0 Å². The Morgan fingerprint density at radius 2 is 1.59 bits per heavy atom. The van der Waals surface area contributed by atoms with Gasteiger partial charge >= 0.3 is 7.60 Å². The Bertz CT molecular complexity index is 1710. The van der Waals surface area contributed by atoms with E-state index in [2.05, 4.69) is 61.8 Å². The van der Waals surface area contributed by atoms with Crippen LogP contribution in [0.2, 0.25) is 0 Å². The highest BCUT2D eigenvalue weighted by Gasteiger charge is 2.44. The SMILES string of the molecule is CCCC[N+]1=C(/C=C/C=C/C=C/C=C2/N(CCCP(=O)(O)O)c3ccc(S(=O)(=O)O)cc3C2(C)C)C(C)(C)c2ccccc21. The summed E-state index contributed by atoms with van der Waals surface area (Å²) in [6, 6.07) is 13.1. The van der Waals surface area contributed by atoms with E-state index in [9.17, 15) is 27.3 Å². The maximum atomic E-state index is 11.8. The predicted molar refractivity (Wildman–Crippen MR) is 178 cm³/mol. The fourth-order valence-corrected chi connectivity index (χ4v) is 7.23. The van der Waals surface area contributed by atoms with E-state index in [1.165, 1.54) is 29.1 Å². The van der Waals surface area contributed by atoms with Gasteiger partial charge in [-0.05, 0) is 50.1 Å². The molecule has 0 spiro atoms. The van der Waals surface area contributed by atoms with Crippen LogP contribution in [-0.4, -0.2) is 52.3 Å². The molecular formula is C34H44N2O6PS+. The second-order valence-electron chi connectivity index (χ2n) is 12.4. The average Bonchev–Trinajstić information content (AvgIpc) is 3.28. The molecule has 2 aliphatic heterocycles. The maximum absolute atomic E-state index is 11.8. The van der Waals surface area contributed by atoms with E-state index in [0.717, 1.165) is 30.8 Å². The van der Waals surface area contributed by atoms with Crippen LogP contribution in [-0.2, 0) is 25.5 Å². The van der Waals surface area contributed by atoms with Gasteiger partial charge in [-0.15, -0.1) is 0 Å². The molecule has 0 saturated heterocycles. The molecule has 4 rings (SSSR count). The summed E-state index contributed by atoms with van der Waals surface area (Å²) in [6.07, 6.45) is 16.2. The Morgan fingerprint density at radius 1 is 0.909 bits per heavy atom. The fourth-order valence-electron chi connectivity index (χ4n) is 6.17. The van der Waals surface area contributed by atoms with E-state index in [1.807, 2.05) is 49.1 Å². The summed E-state index contributed by atoms with van der Waals surface area (Å²) in [6.45, 7) is 12.0. The normalized spacial score (nSPS) is 18.8. The van der Waals surface area contributed by atoms with Crippen molar-refractivity contribution in [3.63, 3.8) is 0 Å². The van der Waals surface area contributed by atoms with Crippen molar-refractivity contribution in [2.24, 2.45) is 0 Å². The zero-order chi connectivity index (χ0) is 32.3. The monoisotopic (exact) mass is 639 g/mol. The van der Waals surface area contributed by atoms with Gasteiger partial charge in [-0.25, -0.2) is 0 Å². The van der Waals surface area contributed by atoms with E-state index < -0.39 is 23.1 Å². The van der Waals surface area contributed by atoms with E-state index in [1.54, 1.807) is 6.07 Å². The standard InChI is InChI=1S/C34H43N2O6PS/c1-6-7-22-35-29-17-14-13-16-27(29)33(2,3)31(35)18-11-9-8-10-12-19-32-34(4,5)28-25-26(44(40,41)42)20-21-30(28)36(32)23-15-24-43(37,38)39/h8-14,16-21,25H,6-7,15,22-24H2,1-5H3,(H2-,37,38,39,40,41,42)/p+1. The van der Waals surface area contributed by atoms with Crippen molar-refractivity contribution < 1.29 is 31.9 Å². The number of rotatable bonds is 12. The number of hydrogen-bond donors (Lipinski definition) is 3. The molecule has 2 aromatic carbocycles. The van der Waals surface area contributed by atoms with Gasteiger partial charge in [0, 0.05) is 47.5 Å². The Kier molecular flexibility index (Phi) is 10.1. The number of benzene rings is 2. The van der Waals surface area contributed by atoms with Gasteiger partial charge < -0.3 is 14.7 Å². The quantitative estimate of drug-likeness (QED) is 0.0988. The highest BCUT2D eigenvalue weighted by Crippen LogP contribution is 2.49. The van der Waals surface area contributed by atoms with Gasteiger partial charge in [-0.1, -0.05) is 75.8 Å². The lowest BCUT2D eigenvalue weighted by Crippen LogP contribution is -2.27. The van der Waals surface area contributed by atoms with Crippen molar-refractivity contribution in [2.75, 3.05) is 24.2 Å². The number of nitrogens with zero attached hydrogens (tertiary/aromatic N) is 2. The van der Waals surface area contributed by atoms with Gasteiger partial charge in [0.1, 0.15) is 6.54 Å². The van der Waals surface area contributed by atoms with Crippen LogP contribution in [0.25, 0.3) is 0 Å². The van der Waals surface area contributed by atoms with Crippen molar-refractivity contribution >= 4 is 34.8 Å². The molecule has 0 amide bonds. The average molecular weight is 640 g/mol. The van der Waals surface area contributed by atoms with Crippen LogP contribution >= 0.6 is 7.60 Å². The molecule has 2 aliphatic rings. The number of unbranched alkanes of at least 4 members (excludes halogenated alkanes) is 1. The Labute approximate surface area is 261 Å². The van der Waals surface area contributed by atoms with Gasteiger partial charge in [0.25, 0.3) is 10.1 Å². The summed E-state index contributed by atoms with van der Waals surface area (Å²) in [5.74, 6) is 0. The van der Waals surface area contributed by atoms with Gasteiger partial charge in [0.2, 0.25) is 5.69 Å². The molecule has 0 fully saturated rings. The van der Waals surface area contributed by atoms with Gasteiger partial charge in [-0.3, -0.25) is 9.12 Å². The molecule has 10 heteroatoms. The van der Waals surface area contributed by atoms with Gasteiger partial charge in [0.05, 0.1) is 16.5 Å². The predicted octanol–water partition coefficient (Wildman–Crippen LogP) is 7.03. The lowest BCUT2D eigenvalue weighted by atomic mass is 9.81. The summed E-state index contributed by atoms with van der Waals surface area (Å²) in [5, 5.41) is 0. The second-order valence-corrected chi connectivity index (χ2v) is 15.6. The Hall–Kier alpha value is -3.07. The van der Waals surface area contributed by atoms with E-state index in [4.69, 9.17) is 0 Å². The summed E-state index contributed by atoms with van der Waals surface area (Å²) >= 11 is 0. The fraction of sp³-hybridized carbons (Fsp3) is 0.382. The minimum Gasteiger partial charge on any atom is -0.344 e. The van der Waals surface area contributed by atoms with Crippen molar-refractivity contribution in [3.8, 4) is 0 Å². The summed E-state index contributed by atoms with van der Waals surface area (Å²) in [7, 11) is -8.55. The molecule has 2 aromatic rings.